The molecule has 5 heteroatoms. The van der Waals surface area contributed by atoms with E-state index in [-0.39, 0.29) is 5.41 Å². The Kier molecular flexibility index (Phi) is 17.7. The van der Waals surface area contributed by atoms with Crippen LogP contribution in [-0.4, -0.2) is 43.3 Å². The van der Waals surface area contributed by atoms with Gasteiger partial charge in [-0.2, -0.15) is 0 Å². The SMILES string of the molecule is CCP(CC)CC.CCP(CC)CC.O=[C-]C12CC3CC(CC(C3)C1)C2.[Cl][Ni]. The Morgan fingerprint density at radius 3 is 1.11 bits per heavy atom. The second-order valence-corrected chi connectivity index (χ2v) is 15.0. The Labute approximate surface area is 191 Å². The van der Waals surface area contributed by atoms with Crippen LogP contribution in [0.15, 0.2) is 0 Å². The minimum absolute atomic E-state index is 0.0365. The molecule has 4 fully saturated rings. The fourth-order valence-corrected chi connectivity index (χ4v) is 8.26. The van der Waals surface area contributed by atoms with E-state index in [9.17, 15) is 4.79 Å². The maximum atomic E-state index is 10.9. The first kappa shape index (κ1) is 29.3. The predicted molar refractivity (Wildman–Crippen MR) is 129 cm³/mol. The molecule has 0 N–H and O–H groups in total. The molecule has 4 rings (SSSR count). The quantitative estimate of drug-likeness (QED) is 0.199. The Morgan fingerprint density at radius 1 is 0.714 bits per heavy atom. The third kappa shape index (κ3) is 10.1. The second kappa shape index (κ2) is 16.9. The average molecular weight is 494 g/mol. The summed E-state index contributed by atoms with van der Waals surface area (Å²) in [5.41, 5.74) is 0.0365. The molecule has 0 aromatic rings. The Hall–Kier alpha value is 1.31. The first-order chi connectivity index (χ1) is 13.5. The summed E-state index contributed by atoms with van der Waals surface area (Å²) in [7, 11) is 5.16. The molecule has 4 bridgehead atoms. The van der Waals surface area contributed by atoms with Gasteiger partial charge in [-0.3, -0.25) is 6.29 Å². The van der Waals surface area contributed by atoms with E-state index in [0.717, 1.165) is 17.8 Å². The summed E-state index contributed by atoms with van der Waals surface area (Å²) < 4.78 is 0. The van der Waals surface area contributed by atoms with Crippen molar-refractivity contribution in [1.82, 2.24) is 0 Å². The van der Waals surface area contributed by atoms with Crippen molar-refractivity contribution in [2.45, 2.75) is 80.1 Å². The van der Waals surface area contributed by atoms with E-state index >= 15 is 0 Å². The van der Waals surface area contributed by atoms with E-state index < -0.39 is 0 Å². The molecule has 28 heavy (non-hydrogen) atoms. The zero-order valence-corrected chi connectivity index (χ0v) is 22.7. The number of carbonyl (C=O) groups excluding carboxylic acids is 1. The Bertz CT molecular complexity index is 328. The van der Waals surface area contributed by atoms with Gasteiger partial charge >= 0.3 is 24.8 Å². The molecule has 0 aromatic carbocycles. The number of halogens is 1. The van der Waals surface area contributed by atoms with Crippen LogP contribution < -0.4 is 0 Å². The van der Waals surface area contributed by atoms with Gasteiger partial charge in [0.2, 0.25) is 0 Å². The number of rotatable bonds is 7. The van der Waals surface area contributed by atoms with Crippen LogP contribution >= 0.6 is 26.0 Å². The molecule has 171 valence electrons. The average Bonchev–Trinajstić information content (AvgIpc) is 2.72. The maximum absolute atomic E-state index is 10.9. The zero-order valence-electron chi connectivity index (χ0n) is 19.2. The predicted octanol–water partition coefficient (Wildman–Crippen LogP) is 8.06. The van der Waals surface area contributed by atoms with Crippen LogP contribution in [0.25, 0.3) is 0 Å². The van der Waals surface area contributed by atoms with Gasteiger partial charge in [0.25, 0.3) is 0 Å². The van der Waals surface area contributed by atoms with Gasteiger partial charge < -0.3 is 4.79 Å². The molecule has 0 aliphatic heterocycles. The molecule has 0 aromatic heterocycles. The molecular formula is C23H45ClNiOP2-. The fourth-order valence-electron chi connectivity index (χ4n) is 5.58. The standard InChI is InChI=1S/C11H15O.2C6H15P.ClH.Ni/c12-7-11-4-8-1-9(5-11)3-10(2-8)6-11;2*1-4-7(5-2)6-3;;/h8-10H,1-6H2;2*4-6H2,1-3H3;1H;/q-1;;;;+1/p-1. The summed E-state index contributed by atoms with van der Waals surface area (Å²) in [6, 6.07) is 0. The van der Waals surface area contributed by atoms with Crippen LogP contribution in [0.3, 0.4) is 0 Å². The molecule has 1 nitrogen and oxygen atoms in total. The molecule has 0 spiro atoms. The van der Waals surface area contributed by atoms with E-state index in [1.54, 1.807) is 0 Å². The van der Waals surface area contributed by atoms with Gasteiger partial charge in [0.1, 0.15) is 0 Å². The van der Waals surface area contributed by atoms with Crippen molar-refractivity contribution in [2.75, 3.05) is 37.0 Å². The molecule has 0 amide bonds. The zero-order chi connectivity index (χ0) is 21.6. The van der Waals surface area contributed by atoms with Crippen molar-refractivity contribution in [3.63, 3.8) is 0 Å². The molecule has 0 unspecified atom stereocenters. The molecule has 0 saturated heterocycles. The van der Waals surface area contributed by atoms with E-state index in [0.29, 0.717) is 15.8 Å². The third-order valence-electron chi connectivity index (χ3n) is 6.94. The van der Waals surface area contributed by atoms with Crippen molar-refractivity contribution in [1.29, 1.82) is 0 Å². The molecule has 0 heterocycles. The summed E-state index contributed by atoms with van der Waals surface area (Å²) in [6.07, 6.45) is 18.6. The van der Waals surface area contributed by atoms with Gasteiger partial charge in [-0.15, -0.1) is 21.3 Å². The molecule has 4 saturated carbocycles. The summed E-state index contributed by atoms with van der Waals surface area (Å²) in [5, 5.41) is 0. The van der Waals surface area contributed by atoms with Gasteiger partial charge in [0.05, 0.1) is 0 Å². The summed E-state index contributed by atoms with van der Waals surface area (Å²) in [6.45, 7) is 13.7. The van der Waals surface area contributed by atoms with Gasteiger partial charge in [0.15, 0.2) is 0 Å². The summed E-state index contributed by atoms with van der Waals surface area (Å²) in [5.74, 6) is 2.66. The van der Waals surface area contributed by atoms with Crippen molar-refractivity contribution in [3.8, 4) is 0 Å². The van der Waals surface area contributed by atoms with Crippen LogP contribution in [-0.2, 0) is 19.4 Å². The van der Waals surface area contributed by atoms with Crippen LogP contribution in [0.2, 0.25) is 0 Å². The number of hydrogen-bond acceptors (Lipinski definition) is 1. The van der Waals surface area contributed by atoms with Gasteiger partial charge in [-0.25, -0.2) is 0 Å². The molecule has 0 radical (unpaired) electrons. The topological polar surface area (TPSA) is 17.1 Å². The first-order valence-corrected chi connectivity index (χ1v) is 16.6. The fraction of sp³-hybridized carbons (Fsp3) is 0.957. The molecule has 4 aliphatic carbocycles. The van der Waals surface area contributed by atoms with Crippen LogP contribution in [0.5, 0.6) is 0 Å². The van der Waals surface area contributed by atoms with Crippen molar-refractivity contribution in [2.24, 2.45) is 23.2 Å². The minimum atomic E-state index is 0.0365. The van der Waals surface area contributed by atoms with Crippen LogP contribution in [0.4, 0.5) is 0 Å². The van der Waals surface area contributed by atoms with E-state index in [1.807, 2.05) is 0 Å². The molecule has 0 atom stereocenters. The summed E-state index contributed by atoms with van der Waals surface area (Å²) >= 11 is 3.35. The normalized spacial score (nSPS) is 29.3. The molecular weight excluding hydrogens is 448 g/mol. The van der Waals surface area contributed by atoms with Crippen LogP contribution in [0.1, 0.15) is 80.1 Å². The first-order valence-electron chi connectivity index (χ1n) is 11.4. The van der Waals surface area contributed by atoms with Gasteiger partial charge in [-0.1, -0.05) is 60.8 Å². The number of hydrogen-bond donors (Lipinski definition) is 0. The van der Waals surface area contributed by atoms with E-state index in [4.69, 9.17) is 0 Å². The molecule has 4 aliphatic rings. The summed E-state index contributed by atoms with van der Waals surface area (Å²) in [4.78, 5) is 10.9. The Balaban J connectivity index is 0.000000401. The van der Waals surface area contributed by atoms with Gasteiger partial charge in [-0.05, 0) is 74.0 Å². The van der Waals surface area contributed by atoms with Crippen molar-refractivity contribution < 1.29 is 19.4 Å². The van der Waals surface area contributed by atoms with Crippen LogP contribution in [0, 0.1) is 23.2 Å². The van der Waals surface area contributed by atoms with Crippen molar-refractivity contribution in [3.05, 3.63) is 0 Å². The van der Waals surface area contributed by atoms with E-state index in [1.165, 1.54) is 75.5 Å². The monoisotopic (exact) mass is 492 g/mol. The second-order valence-electron chi connectivity index (χ2n) is 8.54. The Morgan fingerprint density at radius 2 is 0.964 bits per heavy atom. The third-order valence-corrected chi connectivity index (χ3v) is 12.3. The van der Waals surface area contributed by atoms with E-state index in [2.05, 4.69) is 72.6 Å². The van der Waals surface area contributed by atoms with Gasteiger partial charge in [0, 0.05) is 0 Å². The van der Waals surface area contributed by atoms with Crippen molar-refractivity contribution >= 4 is 32.3 Å².